The van der Waals surface area contributed by atoms with Crippen molar-refractivity contribution in [2.75, 3.05) is 20.2 Å². The zero-order chi connectivity index (χ0) is 12.6. The second kappa shape index (κ2) is 4.44. The van der Waals surface area contributed by atoms with Crippen LogP contribution < -0.4 is 14.8 Å². The minimum atomic E-state index is -0.433. The maximum atomic E-state index is 10.3. The van der Waals surface area contributed by atoms with Crippen molar-refractivity contribution in [3.8, 4) is 11.5 Å². The van der Waals surface area contributed by atoms with E-state index in [1.807, 2.05) is 18.2 Å². The van der Waals surface area contributed by atoms with E-state index in [1.54, 1.807) is 7.11 Å². The number of piperidine rings is 1. The van der Waals surface area contributed by atoms with E-state index >= 15 is 0 Å². The summed E-state index contributed by atoms with van der Waals surface area (Å²) in [7, 11) is 1.64. The number of hydrogen-bond donors (Lipinski definition) is 2. The maximum absolute atomic E-state index is 10.3. The van der Waals surface area contributed by atoms with Crippen LogP contribution in [0, 0.1) is 0 Å². The fraction of sp³-hybridized carbons (Fsp3) is 0.571. The fourth-order valence-corrected chi connectivity index (χ4v) is 2.93. The molecule has 1 aromatic rings. The van der Waals surface area contributed by atoms with Crippen LogP contribution in [-0.4, -0.2) is 30.9 Å². The number of aliphatic hydroxyl groups excluding tert-OH is 1. The Morgan fingerprint density at radius 1 is 1.39 bits per heavy atom. The molecule has 0 bridgehead atoms. The highest BCUT2D eigenvalue weighted by molar-refractivity contribution is 5.44. The van der Waals surface area contributed by atoms with E-state index in [4.69, 9.17) is 9.47 Å². The Kier molecular flexibility index (Phi) is 2.92. The van der Waals surface area contributed by atoms with E-state index in [9.17, 15) is 5.11 Å². The summed E-state index contributed by atoms with van der Waals surface area (Å²) >= 11 is 0. The lowest BCUT2D eigenvalue weighted by molar-refractivity contribution is -0.0338. The Morgan fingerprint density at radius 3 is 2.89 bits per heavy atom. The molecule has 1 saturated heterocycles. The number of rotatable bonds is 1. The molecule has 18 heavy (non-hydrogen) atoms. The van der Waals surface area contributed by atoms with Gasteiger partial charge < -0.3 is 19.9 Å². The summed E-state index contributed by atoms with van der Waals surface area (Å²) < 4.78 is 11.4. The first-order chi connectivity index (χ1) is 8.72. The van der Waals surface area contributed by atoms with Gasteiger partial charge in [-0.3, -0.25) is 0 Å². The topological polar surface area (TPSA) is 50.7 Å². The predicted molar refractivity (Wildman–Crippen MR) is 68.0 cm³/mol. The molecule has 0 unspecified atom stereocenters. The molecule has 1 spiro atoms. The van der Waals surface area contributed by atoms with E-state index in [2.05, 4.69) is 5.32 Å². The maximum Gasteiger partial charge on any atom is 0.129 e. The molecule has 0 radical (unpaired) electrons. The minimum Gasteiger partial charge on any atom is -0.497 e. The summed E-state index contributed by atoms with van der Waals surface area (Å²) in [6, 6.07) is 5.64. The quantitative estimate of drug-likeness (QED) is 0.794. The smallest absolute Gasteiger partial charge is 0.129 e. The summed E-state index contributed by atoms with van der Waals surface area (Å²) in [5, 5.41) is 13.6. The molecule has 1 fully saturated rings. The molecular formula is C14H19NO3. The molecule has 0 amide bonds. The monoisotopic (exact) mass is 249 g/mol. The van der Waals surface area contributed by atoms with Gasteiger partial charge in [-0.1, -0.05) is 0 Å². The van der Waals surface area contributed by atoms with Gasteiger partial charge in [-0.15, -0.1) is 0 Å². The summed E-state index contributed by atoms with van der Waals surface area (Å²) in [6.07, 6.45) is 2.15. The lowest BCUT2D eigenvalue weighted by atomic mass is 9.82. The SMILES string of the molecule is COc1ccc2c(c1)OC1(CCNCC1)C[C@H]2O. The standard InChI is InChI=1S/C14H19NO3/c1-17-10-2-3-11-12(16)9-14(18-13(11)8-10)4-6-15-7-5-14/h2-3,8,12,15-16H,4-7,9H2,1H3/t12-/m1/s1. The highest BCUT2D eigenvalue weighted by atomic mass is 16.5. The number of hydrogen-bond acceptors (Lipinski definition) is 4. The van der Waals surface area contributed by atoms with E-state index in [-0.39, 0.29) is 5.60 Å². The van der Waals surface area contributed by atoms with Crippen LogP contribution in [0.2, 0.25) is 0 Å². The van der Waals surface area contributed by atoms with Gasteiger partial charge in [0.2, 0.25) is 0 Å². The van der Waals surface area contributed by atoms with E-state index in [1.165, 1.54) is 0 Å². The van der Waals surface area contributed by atoms with Gasteiger partial charge in [0.1, 0.15) is 17.1 Å². The van der Waals surface area contributed by atoms with Crippen molar-refractivity contribution < 1.29 is 14.6 Å². The third kappa shape index (κ3) is 1.95. The molecule has 4 heteroatoms. The average molecular weight is 249 g/mol. The van der Waals surface area contributed by atoms with Gasteiger partial charge in [-0.05, 0) is 38.1 Å². The van der Waals surface area contributed by atoms with Gasteiger partial charge in [-0.25, -0.2) is 0 Å². The number of benzene rings is 1. The van der Waals surface area contributed by atoms with Crippen molar-refractivity contribution in [3.05, 3.63) is 23.8 Å². The third-order valence-electron chi connectivity index (χ3n) is 3.99. The highest BCUT2D eigenvalue weighted by Gasteiger charge is 2.41. The van der Waals surface area contributed by atoms with E-state index in [0.717, 1.165) is 43.0 Å². The van der Waals surface area contributed by atoms with Crippen molar-refractivity contribution in [3.63, 3.8) is 0 Å². The number of fused-ring (bicyclic) bond motifs is 1. The van der Waals surface area contributed by atoms with Crippen LogP contribution >= 0.6 is 0 Å². The zero-order valence-electron chi connectivity index (χ0n) is 10.6. The Bertz CT molecular complexity index is 441. The van der Waals surface area contributed by atoms with Gasteiger partial charge in [0.05, 0.1) is 13.2 Å². The van der Waals surface area contributed by atoms with Crippen LogP contribution in [0.15, 0.2) is 18.2 Å². The first-order valence-corrected chi connectivity index (χ1v) is 6.48. The molecule has 2 aliphatic rings. The summed E-state index contributed by atoms with van der Waals surface area (Å²) in [4.78, 5) is 0. The Hall–Kier alpha value is -1.26. The second-order valence-corrected chi connectivity index (χ2v) is 5.16. The van der Waals surface area contributed by atoms with Crippen molar-refractivity contribution in [1.29, 1.82) is 0 Å². The van der Waals surface area contributed by atoms with Crippen LogP contribution in [0.3, 0.4) is 0 Å². The molecule has 2 aliphatic heterocycles. The van der Waals surface area contributed by atoms with Crippen molar-refractivity contribution >= 4 is 0 Å². The second-order valence-electron chi connectivity index (χ2n) is 5.16. The summed E-state index contributed by atoms with van der Waals surface area (Å²) in [5.41, 5.74) is 0.671. The molecule has 0 aliphatic carbocycles. The first-order valence-electron chi connectivity index (χ1n) is 6.48. The molecule has 2 N–H and O–H groups in total. The molecule has 98 valence electrons. The molecular weight excluding hydrogens is 230 g/mol. The largest absolute Gasteiger partial charge is 0.497 e. The van der Waals surface area contributed by atoms with Gasteiger partial charge in [0.15, 0.2) is 0 Å². The predicted octanol–water partition coefficient (Wildman–Crippen LogP) is 1.63. The zero-order valence-corrected chi connectivity index (χ0v) is 10.6. The fourth-order valence-electron chi connectivity index (χ4n) is 2.93. The highest BCUT2D eigenvalue weighted by Crippen LogP contribution is 2.44. The third-order valence-corrected chi connectivity index (χ3v) is 3.99. The minimum absolute atomic E-state index is 0.204. The Labute approximate surface area is 107 Å². The lowest BCUT2D eigenvalue weighted by Gasteiger charge is -2.43. The number of methoxy groups -OCH3 is 1. The normalized spacial score (nSPS) is 25.3. The molecule has 0 aromatic heterocycles. The summed E-state index contributed by atoms with van der Waals surface area (Å²) in [6.45, 7) is 1.90. The number of aliphatic hydroxyl groups is 1. The van der Waals surface area contributed by atoms with E-state index in [0.29, 0.717) is 6.42 Å². The van der Waals surface area contributed by atoms with Crippen molar-refractivity contribution in [1.82, 2.24) is 5.32 Å². The van der Waals surface area contributed by atoms with Crippen LogP contribution in [-0.2, 0) is 0 Å². The molecule has 1 atom stereocenters. The number of ether oxygens (including phenoxy) is 2. The van der Waals surface area contributed by atoms with Gasteiger partial charge in [0.25, 0.3) is 0 Å². The van der Waals surface area contributed by atoms with Crippen LogP contribution in [0.4, 0.5) is 0 Å². The Balaban J connectivity index is 1.94. The van der Waals surface area contributed by atoms with Crippen LogP contribution in [0.25, 0.3) is 0 Å². The first kappa shape index (κ1) is 11.8. The molecule has 3 rings (SSSR count). The van der Waals surface area contributed by atoms with Crippen LogP contribution in [0.5, 0.6) is 11.5 Å². The number of nitrogens with one attached hydrogen (secondary N) is 1. The van der Waals surface area contributed by atoms with Crippen LogP contribution in [0.1, 0.15) is 30.9 Å². The lowest BCUT2D eigenvalue weighted by Crippen LogP contribution is -2.49. The molecule has 2 heterocycles. The average Bonchev–Trinajstić information content (AvgIpc) is 2.38. The van der Waals surface area contributed by atoms with Gasteiger partial charge in [0, 0.05) is 18.1 Å². The van der Waals surface area contributed by atoms with Crippen molar-refractivity contribution in [2.45, 2.75) is 31.0 Å². The van der Waals surface area contributed by atoms with Gasteiger partial charge >= 0.3 is 0 Å². The molecule has 4 nitrogen and oxygen atoms in total. The summed E-state index contributed by atoms with van der Waals surface area (Å²) in [5.74, 6) is 1.54. The van der Waals surface area contributed by atoms with E-state index < -0.39 is 6.10 Å². The van der Waals surface area contributed by atoms with Gasteiger partial charge in [-0.2, -0.15) is 0 Å². The Morgan fingerprint density at radius 2 is 2.17 bits per heavy atom. The molecule has 0 saturated carbocycles. The van der Waals surface area contributed by atoms with Crippen molar-refractivity contribution in [2.24, 2.45) is 0 Å². The molecule has 1 aromatic carbocycles.